The Morgan fingerprint density at radius 2 is 1.87 bits per heavy atom. The number of hydrogen-bond acceptors (Lipinski definition) is 4. The van der Waals surface area contributed by atoms with Gasteiger partial charge >= 0.3 is 0 Å². The first-order chi connectivity index (χ1) is 14.7. The molecule has 30 heavy (non-hydrogen) atoms. The van der Waals surface area contributed by atoms with E-state index in [-0.39, 0.29) is 5.91 Å². The summed E-state index contributed by atoms with van der Waals surface area (Å²) in [4.78, 5) is 12.8. The predicted octanol–water partition coefficient (Wildman–Crippen LogP) is 4.22. The summed E-state index contributed by atoms with van der Waals surface area (Å²) in [6, 6.07) is 15.8. The van der Waals surface area contributed by atoms with Crippen LogP contribution >= 0.6 is 0 Å². The molecule has 0 radical (unpaired) electrons. The fourth-order valence-corrected chi connectivity index (χ4v) is 3.30. The summed E-state index contributed by atoms with van der Waals surface area (Å²) in [5.41, 5.74) is 3.64. The molecule has 0 aliphatic rings. The van der Waals surface area contributed by atoms with Gasteiger partial charge in [0.25, 0.3) is 5.91 Å². The van der Waals surface area contributed by atoms with Gasteiger partial charge in [-0.3, -0.25) is 9.48 Å². The molecule has 6 nitrogen and oxygen atoms in total. The van der Waals surface area contributed by atoms with E-state index in [0.717, 1.165) is 29.7 Å². The van der Waals surface area contributed by atoms with Crippen molar-refractivity contribution in [3.8, 4) is 11.5 Å². The van der Waals surface area contributed by atoms with E-state index in [0.29, 0.717) is 36.8 Å². The molecule has 1 amide bonds. The van der Waals surface area contributed by atoms with Crippen molar-refractivity contribution in [2.75, 3.05) is 13.7 Å². The maximum absolute atomic E-state index is 12.8. The number of benzene rings is 2. The quantitative estimate of drug-likeness (QED) is 0.546. The maximum Gasteiger partial charge on any atom is 0.255 e. The molecule has 0 bridgehead atoms. The van der Waals surface area contributed by atoms with E-state index in [1.54, 1.807) is 13.3 Å². The van der Waals surface area contributed by atoms with E-state index in [9.17, 15) is 4.79 Å². The zero-order valence-corrected chi connectivity index (χ0v) is 17.9. The molecule has 158 valence electrons. The van der Waals surface area contributed by atoms with Gasteiger partial charge in [-0.15, -0.1) is 0 Å². The van der Waals surface area contributed by atoms with E-state index >= 15 is 0 Å². The molecule has 0 saturated carbocycles. The fraction of sp³-hybridized carbons (Fsp3) is 0.333. The standard InChI is InChI=1S/C24H29N3O3/c1-4-13-30-22-12-11-19(14-23(22)29-3)15-25-24(28)20-16-26-27(21(20)5-2)17-18-9-7-6-8-10-18/h6-12,14,16H,4-5,13,15,17H2,1-3H3,(H,25,28). The second-order valence-corrected chi connectivity index (χ2v) is 7.02. The van der Waals surface area contributed by atoms with Crippen LogP contribution in [0.3, 0.4) is 0 Å². The molecule has 0 spiro atoms. The first-order valence-electron chi connectivity index (χ1n) is 10.3. The average molecular weight is 408 g/mol. The highest BCUT2D eigenvalue weighted by Crippen LogP contribution is 2.28. The lowest BCUT2D eigenvalue weighted by Gasteiger charge is -2.12. The van der Waals surface area contributed by atoms with Crippen molar-refractivity contribution in [2.45, 2.75) is 39.8 Å². The molecule has 0 atom stereocenters. The Bertz CT molecular complexity index is 967. The number of rotatable bonds is 10. The third-order valence-electron chi connectivity index (χ3n) is 4.85. The number of nitrogens with zero attached hydrogens (tertiary/aromatic N) is 2. The van der Waals surface area contributed by atoms with Gasteiger partial charge < -0.3 is 14.8 Å². The van der Waals surface area contributed by atoms with E-state index < -0.39 is 0 Å². The molecule has 6 heteroatoms. The van der Waals surface area contributed by atoms with Gasteiger partial charge in [-0.05, 0) is 36.1 Å². The van der Waals surface area contributed by atoms with Crippen molar-refractivity contribution in [2.24, 2.45) is 0 Å². The van der Waals surface area contributed by atoms with Crippen molar-refractivity contribution in [1.29, 1.82) is 0 Å². The summed E-state index contributed by atoms with van der Waals surface area (Å²) in [7, 11) is 1.62. The van der Waals surface area contributed by atoms with E-state index in [2.05, 4.69) is 29.5 Å². The minimum Gasteiger partial charge on any atom is -0.493 e. The van der Waals surface area contributed by atoms with Crippen LogP contribution in [0.1, 0.15) is 47.4 Å². The minimum atomic E-state index is -0.128. The highest BCUT2D eigenvalue weighted by atomic mass is 16.5. The Morgan fingerprint density at radius 1 is 1.07 bits per heavy atom. The molecule has 0 fully saturated rings. The minimum absolute atomic E-state index is 0.128. The zero-order valence-electron chi connectivity index (χ0n) is 17.9. The van der Waals surface area contributed by atoms with Crippen molar-refractivity contribution in [3.63, 3.8) is 0 Å². The molecule has 0 saturated heterocycles. The molecule has 2 aromatic carbocycles. The van der Waals surface area contributed by atoms with Crippen LogP contribution < -0.4 is 14.8 Å². The molecule has 0 aliphatic heterocycles. The number of methoxy groups -OCH3 is 1. The number of carbonyl (C=O) groups excluding carboxylic acids is 1. The van der Waals surface area contributed by atoms with Crippen LogP contribution in [0.4, 0.5) is 0 Å². The summed E-state index contributed by atoms with van der Waals surface area (Å²) >= 11 is 0. The Hall–Kier alpha value is -3.28. The third-order valence-corrected chi connectivity index (χ3v) is 4.85. The van der Waals surface area contributed by atoms with Gasteiger partial charge in [0.15, 0.2) is 11.5 Å². The lowest BCUT2D eigenvalue weighted by molar-refractivity contribution is 0.0950. The number of carbonyl (C=O) groups is 1. The Morgan fingerprint density at radius 3 is 2.57 bits per heavy atom. The van der Waals surface area contributed by atoms with E-state index in [1.807, 2.05) is 48.0 Å². The molecule has 1 heterocycles. The normalized spacial score (nSPS) is 10.6. The highest BCUT2D eigenvalue weighted by Gasteiger charge is 2.16. The molecule has 0 aliphatic carbocycles. The first-order valence-corrected chi connectivity index (χ1v) is 10.3. The van der Waals surface area contributed by atoms with Gasteiger partial charge in [0.2, 0.25) is 0 Å². The van der Waals surface area contributed by atoms with E-state index in [1.165, 1.54) is 0 Å². The Kier molecular flexibility index (Phi) is 7.49. The van der Waals surface area contributed by atoms with E-state index in [4.69, 9.17) is 9.47 Å². The molecule has 3 rings (SSSR count). The topological polar surface area (TPSA) is 65.4 Å². The average Bonchev–Trinajstić information content (AvgIpc) is 3.19. The summed E-state index contributed by atoms with van der Waals surface area (Å²) < 4.78 is 13.0. The second-order valence-electron chi connectivity index (χ2n) is 7.02. The largest absolute Gasteiger partial charge is 0.493 e. The van der Waals surface area contributed by atoms with Crippen molar-refractivity contribution in [3.05, 3.63) is 77.1 Å². The summed E-state index contributed by atoms with van der Waals surface area (Å²) in [5.74, 6) is 1.25. The first kappa shape index (κ1) is 21.4. The smallest absolute Gasteiger partial charge is 0.255 e. The Balaban J connectivity index is 1.68. The van der Waals surface area contributed by atoms with Gasteiger partial charge in [-0.1, -0.05) is 50.2 Å². The maximum atomic E-state index is 12.8. The monoisotopic (exact) mass is 407 g/mol. The van der Waals surface area contributed by atoms with Crippen LogP contribution in [0.5, 0.6) is 11.5 Å². The molecule has 1 aromatic heterocycles. The highest BCUT2D eigenvalue weighted by molar-refractivity contribution is 5.95. The van der Waals surface area contributed by atoms with Gasteiger partial charge in [0, 0.05) is 6.54 Å². The Labute approximate surface area is 177 Å². The lowest BCUT2D eigenvalue weighted by Crippen LogP contribution is -2.24. The molecule has 0 unspecified atom stereocenters. The van der Waals surface area contributed by atoms with Gasteiger partial charge in [-0.25, -0.2) is 0 Å². The van der Waals surface area contributed by atoms with Crippen LogP contribution in [0.2, 0.25) is 0 Å². The lowest BCUT2D eigenvalue weighted by atomic mass is 10.1. The number of aromatic nitrogens is 2. The van der Waals surface area contributed by atoms with Crippen molar-refractivity contribution >= 4 is 5.91 Å². The van der Waals surface area contributed by atoms with Crippen LogP contribution in [-0.4, -0.2) is 29.4 Å². The van der Waals surface area contributed by atoms with Crippen molar-refractivity contribution in [1.82, 2.24) is 15.1 Å². The van der Waals surface area contributed by atoms with Gasteiger partial charge in [0.1, 0.15) is 0 Å². The number of amides is 1. The van der Waals surface area contributed by atoms with Crippen LogP contribution in [0.25, 0.3) is 0 Å². The van der Waals surface area contributed by atoms with Crippen molar-refractivity contribution < 1.29 is 14.3 Å². The molecular formula is C24H29N3O3. The van der Waals surface area contributed by atoms with Crippen LogP contribution in [0.15, 0.2) is 54.7 Å². The third kappa shape index (κ3) is 5.20. The molecule has 3 aromatic rings. The SMILES string of the molecule is CCCOc1ccc(CNC(=O)c2cnn(Cc3ccccc3)c2CC)cc1OC. The number of hydrogen-bond donors (Lipinski definition) is 1. The van der Waals surface area contributed by atoms with Crippen LogP contribution in [-0.2, 0) is 19.5 Å². The molecule has 1 N–H and O–H groups in total. The number of ether oxygens (including phenoxy) is 2. The second kappa shape index (κ2) is 10.5. The van der Waals surface area contributed by atoms with Gasteiger partial charge in [0.05, 0.1) is 37.7 Å². The number of nitrogens with one attached hydrogen (secondary N) is 1. The van der Waals surface area contributed by atoms with Gasteiger partial charge in [-0.2, -0.15) is 5.10 Å². The molecular weight excluding hydrogens is 378 g/mol. The predicted molar refractivity (Wildman–Crippen MR) is 117 cm³/mol. The summed E-state index contributed by atoms with van der Waals surface area (Å²) in [5, 5.41) is 7.44. The zero-order chi connectivity index (χ0) is 21.3. The fourth-order valence-electron chi connectivity index (χ4n) is 3.30. The summed E-state index contributed by atoms with van der Waals surface area (Å²) in [6.45, 7) is 5.78. The van der Waals surface area contributed by atoms with Crippen LogP contribution in [0, 0.1) is 0 Å². The summed E-state index contributed by atoms with van der Waals surface area (Å²) in [6.07, 6.45) is 3.31.